The van der Waals surface area contributed by atoms with Gasteiger partial charge in [0.05, 0.1) is 6.20 Å². The van der Waals surface area contributed by atoms with E-state index in [4.69, 9.17) is 10.2 Å². The molecule has 1 aliphatic rings. The van der Waals surface area contributed by atoms with Gasteiger partial charge in [-0.3, -0.25) is 4.79 Å². The van der Waals surface area contributed by atoms with Crippen LogP contribution in [-0.2, 0) is 11.2 Å². The topological polar surface area (TPSA) is 98.0 Å². The van der Waals surface area contributed by atoms with Crippen LogP contribution in [0.5, 0.6) is 0 Å². The summed E-state index contributed by atoms with van der Waals surface area (Å²) >= 11 is 2.74. The van der Waals surface area contributed by atoms with Gasteiger partial charge >= 0.3 is 0 Å². The van der Waals surface area contributed by atoms with E-state index >= 15 is 0 Å². The molecule has 1 aromatic carbocycles. The molecule has 0 spiro atoms. The largest absolute Gasteiger partial charge is 0.354 e. The van der Waals surface area contributed by atoms with Crippen molar-refractivity contribution in [2.75, 3.05) is 43.4 Å². The number of likely N-dealkylation sites (N-methyl/N-ethyl adjacent to an activating group) is 1. The van der Waals surface area contributed by atoms with Crippen LogP contribution in [0.25, 0.3) is 0 Å². The van der Waals surface area contributed by atoms with E-state index < -0.39 is 0 Å². The Hall–Kier alpha value is -3.26. The van der Waals surface area contributed by atoms with Gasteiger partial charge in [0.25, 0.3) is 0 Å². The van der Waals surface area contributed by atoms with Gasteiger partial charge in [-0.25, -0.2) is 15.0 Å². The van der Waals surface area contributed by atoms with Gasteiger partial charge < -0.3 is 15.1 Å². The van der Waals surface area contributed by atoms with Gasteiger partial charge in [-0.05, 0) is 42.6 Å². The molecule has 1 aliphatic heterocycles. The van der Waals surface area contributed by atoms with Crippen molar-refractivity contribution >= 4 is 45.6 Å². The van der Waals surface area contributed by atoms with E-state index in [1.54, 1.807) is 6.20 Å². The summed E-state index contributed by atoms with van der Waals surface area (Å²) < 4.78 is 0. The molecule has 0 unspecified atom stereocenters. The maximum atomic E-state index is 11.6. The highest BCUT2D eigenvalue weighted by Crippen LogP contribution is 2.30. The van der Waals surface area contributed by atoms with E-state index in [2.05, 4.69) is 44.8 Å². The van der Waals surface area contributed by atoms with E-state index in [9.17, 15) is 4.79 Å². The summed E-state index contributed by atoms with van der Waals surface area (Å²) in [5, 5.41) is 13.5. The summed E-state index contributed by atoms with van der Waals surface area (Å²) in [6.45, 7) is 7.24. The molecule has 0 bridgehead atoms. The number of hydrogen-bond acceptors (Lipinski definition) is 10. The van der Waals surface area contributed by atoms with Crippen LogP contribution in [0.2, 0.25) is 0 Å². The first-order chi connectivity index (χ1) is 16.0. The number of hydrogen-bond donors (Lipinski definition) is 1. The van der Waals surface area contributed by atoms with Crippen LogP contribution >= 0.6 is 23.1 Å². The Morgan fingerprint density at radius 1 is 1.27 bits per heavy atom. The van der Waals surface area contributed by atoms with Crippen LogP contribution in [0.1, 0.15) is 10.4 Å². The lowest BCUT2D eigenvalue weighted by atomic mass is 10.1. The second kappa shape index (κ2) is 10.6. The Kier molecular flexibility index (Phi) is 7.34. The van der Waals surface area contributed by atoms with Gasteiger partial charge in [0.2, 0.25) is 0 Å². The molecule has 0 atom stereocenters. The zero-order chi connectivity index (χ0) is 23.2. The van der Waals surface area contributed by atoms with E-state index in [0.29, 0.717) is 27.4 Å². The number of nitrogens with one attached hydrogen (secondary N) is 1. The third kappa shape index (κ3) is 6.16. The van der Waals surface area contributed by atoms with Crippen LogP contribution in [0.15, 0.2) is 59.2 Å². The molecule has 4 rings (SSSR count). The van der Waals surface area contributed by atoms with Crippen molar-refractivity contribution in [3.05, 3.63) is 59.6 Å². The standard InChI is InChI=1S/C23H23N7OS2/c1-3-17(31)12-16-4-6-18(7-5-16)32-23-27-20(26-22-25-15-19(14-24)33-22)13-21(28-23)30-10-8-29(2)9-11-30/h3-7,13,15H,1,8-12H2,2H3,(H,25,26,27,28). The van der Waals surface area contributed by atoms with Gasteiger partial charge in [0.15, 0.2) is 16.1 Å². The molecule has 1 saturated heterocycles. The second-order valence-corrected chi connectivity index (χ2v) is 9.62. The number of nitriles is 1. The van der Waals surface area contributed by atoms with Gasteiger partial charge in [-0.2, -0.15) is 5.26 Å². The van der Waals surface area contributed by atoms with Crippen LogP contribution in [0.3, 0.4) is 0 Å². The maximum absolute atomic E-state index is 11.6. The normalized spacial score (nSPS) is 14.0. The third-order valence-corrected chi connectivity index (χ3v) is 6.80. The zero-order valence-electron chi connectivity index (χ0n) is 18.2. The molecule has 3 aromatic rings. The Morgan fingerprint density at radius 2 is 2.03 bits per heavy atom. The molecule has 2 aromatic heterocycles. The molecule has 1 N–H and O–H groups in total. The second-order valence-electron chi connectivity index (χ2n) is 7.54. The summed E-state index contributed by atoms with van der Waals surface area (Å²) in [5.74, 6) is 1.48. The van der Waals surface area contributed by atoms with Crippen molar-refractivity contribution in [1.82, 2.24) is 19.9 Å². The first-order valence-corrected chi connectivity index (χ1v) is 12.0. The summed E-state index contributed by atoms with van der Waals surface area (Å²) in [4.78, 5) is 31.4. The van der Waals surface area contributed by atoms with E-state index in [-0.39, 0.29) is 5.78 Å². The lowest BCUT2D eigenvalue weighted by Gasteiger charge is -2.33. The quantitative estimate of drug-likeness (QED) is 0.384. The van der Waals surface area contributed by atoms with Crippen molar-refractivity contribution in [1.29, 1.82) is 5.26 Å². The first-order valence-electron chi connectivity index (χ1n) is 10.4. The third-order valence-electron chi connectivity index (χ3n) is 5.11. The van der Waals surface area contributed by atoms with Crippen LogP contribution in [0, 0.1) is 11.3 Å². The summed E-state index contributed by atoms with van der Waals surface area (Å²) in [6, 6.07) is 11.8. The minimum absolute atomic E-state index is 0.00364. The molecule has 33 heavy (non-hydrogen) atoms. The molecule has 0 radical (unpaired) electrons. The fourth-order valence-electron chi connectivity index (χ4n) is 3.27. The number of piperazine rings is 1. The number of anilines is 3. The van der Waals surface area contributed by atoms with Gasteiger partial charge in [0, 0.05) is 43.6 Å². The molecule has 10 heteroatoms. The maximum Gasteiger partial charge on any atom is 0.196 e. The van der Waals surface area contributed by atoms with Crippen molar-refractivity contribution in [2.24, 2.45) is 0 Å². The number of carbonyl (C=O) groups is 1. The number of thiazole rings is 1. The average Bonchev–Trinajstić information content (AvgIpc) is 3.28. The van der Waals surface area contributed by atoms with Crippen LogP contribution < -0.4 is 10.2 Å². The number of aromatic nitrogens is 3. The molecule has 3 heterocycles. The molecule has 8 nitrogen and oxygen atoms in total. The zero-order valence-corrected chi connectivity index (χ0v) is 19.8. The number of rotatable bonds is 8. The minimum atomic E-state index is -0.00364. The predicted molar refractivity (Wildman–Crippen MR) is 131 cm³/mol. The molecular formula is C23H23N7OS2. The lowest BCUT2D eigenvalue weighted by molar-refractivity contribution is -0.114. The number of benzene rings is 1. The monoisotopic (exact) mass is 477 g/mol. The highest BCUT2D eigenvalue weighted by Gasteiger charge is 2.18. The van der Waals surface area contributed by atoms with Crippen molar-refractivity contribution in [2.45, 2.75) is 16.5 Å². The SMILES string of the molecule is C=CC(=O)Cc1ccc(Sc2nc(Nc3ncc(C#N)s3)cc(N3CCN(C)CC3)n2)cc1. The van der Waals surface area contributed by atoms with Crippen LogP contribution in [-0.4, -0.2) is 58.9 Å². The summed E-state index contributed by atoms with van der Waals surface area (Å²) in [6.07, 6.45) is 3.23. The Balaban J connectivity index is 1.57. The van der Waals surface area contributed by atoms with E-state index in [1.807, 2.05) is 30.3 Å². The fourth-order valence-corrected chi connectivity index (χ4v) is 4.65. The molecule has 0 saturated carbocycles. The Morgan fingerprint density at radius 3 is 2.70 bits per heavy atom. The van der Waals surface area contributed by atoms with Crippen molar-refractivity contribution < 1.29 is 4.79 Å². The highest BCUT2D eigenvalue weighted by molar-refractivity contribution is 7.99. The van der Waals surface area contributed by atoms with Gasteiger partial charge in [0.1, 0.15) is 22.6 Å². The average molecular weight is 478 g/mol. The van der Waals surface area contributed by atoms with E-state index in [1.165, 1.54) is 29.2 Å². The molecule has 1 fully saturated rings. The predicted octanol–water partition coefficient (Wildman–Crippen LogP) is 3.75. The van der Waals surface area contributed by atoms with E-state index in [0.717, 1.165) is 42.5 Å². The molecule has 168 valence electrons. The smallest absolute Gasteiger partial charge is 0.196 e. The Labute approximate surface area is 201 Å². The number of carbonyl (C=O) groups excluding carboxylic acids is 1. The fraction of sp³-hybridized carbons (Fsp3) is 0.261. The van der Waals surface area contributed by atoms with Crippen molar-refractivity contribution in [3.8, 4) is 6.07 Å². The lowest BCUT2D eigenvalue weighted by Crippen LogP contribution is -2.44. The van der Waals surface area contributed by atoms with Crippen molar-refractivity contribution in [3.63, 3.8) is 0 Å². The summed E-state index contributed by atoms with van der Waals surface area (Å²) in [5.41, 5.74) is 0.941. The van der Waals surface area contributed by atoms with Gasteiger partial charge in [-0.15, -0.1) is 0 Å². The van der Waals surface area contributed by atoms with Gasteiger partial charge in [-0.1, -0.05) is 30.0 Å². The minimum Gasteiger partial charge on any atom is -0.354 e. The molecule has 0 amide bonds. The number of ketones is 1. The molecule has 0 aliphatic carbocycles. The Bertz CT molecular complexity index is 1180. The number of nitrogens with zero attached hydrogens (tertiary/aromatic N) is 6. The molecular weight excluding hydrogens is 454 g/mol. The van der Waals surface area contributed by atoms with Crippen LogP contribution in [0.4, 0.5) is 16.8 Å². The highest BCUT2D eigenvalue weighted by atomic mass is 32.2. The number of allylic oxidation sites excluding steroid dienone is 1. The first kappa shape index (κ1) is 22.9. The summed E-state index contributed by atoms with van der Waals surface area (Å²) in [7, 11) is 2.12.